The first-order chi connectivity index (χ1) is 7.50. The van der Waals surface area contributed by atoms with Gasteiger partial charge in [-0.2, -0.15) is 8.42 Å². The molecule has 0 saturated heterocycles. The normalized spacial score (nSPS) is 11.9. The van der Waals surface area contributed by atoms with Gasteiger partial charge in [0.05, 0.1) is 0 Å². The van der Waals surface area contributed by atoms with Gasteiger partial charge < -0.3 is 0 Å². The summed E-state index contributed by atoms with van der Waals surface area (Å²) in [6.45, 7) is 4.37. The van der Waals surface area contributed by atoms with Crippen LogP contribution in [0.2, 0.25) is 0 Å². The van der Waals surface area contributed by atoms with Crippen molar-refractivity contribution in [2.24, 2.45) is 0 Å². The predicted molar refractivity (Wildman–Crippen MR) is 57.2 cm³/mol. The number of hydrogen-bond donors (Lipinski definition) is 0. The third kappa shape index (κ3) is 3.01. The lowest BCUT2D eigenvalue weighted by atomic mass is 10.3. The molecule has 0 bridgehead atoms. The van der Waals surface area contributed by atoms with Crippen LogP contribution in [0.4, 0.5) is 3.89 Å². The summed E-state index contributed by atoms with van der Waals surface area (Å²) in [4.78, 5) is 0. The molecule has 0 aliphatic rings. The molecule has 0 N–H and O–H groups in total. The average Bonchev–Trinajstić information content (AvgIpc) is 2.58. The number of hydrogen-bond acceptors (Lipinski definition) is 4. The van der Waals surface area contributed by atoms with Crippen molar-refractivity contribution in [3.8, 4) is 0 Å². The van der Waals surface area contributed by atoms with Gasteiger partial charge in [-0.15, -0.1) is 10.2 Å². The average molecular weight is 249 g/mol. The number of nitrogens with zero attached hydrogens (tertiary/aromatic N) is 3. The van der Waals surface area contributed by atoms with Crippen molar-refractivity contribution in [1.29, 1.82) is 0 Å². The minimum absolute atomic E-state index is 0.442. The van der Waals surface area contributed by atoms with Crippen LogP contribution in [-0.4, -0.2) is 23.2 Å². The highest BCUT2D eigenvalue weighted by atomic mass is 32.3. The second-order valence-electron chi connectivity index (χ2n) is 3.59. The summed E-state index contributed by atoms with van der Waals surface area (Å²) in [6, 6.07) is 0. The van der Waals surface area contributed by atoms with Crippen molar-refractivity contribution < 1.29 is 12.3 Å². The van der Waals surface area contributed by atoms with Crippen LogP contribution >= 0.6 is 0 Å². The summed E-state index contributed by atoms with van der Waals surface area (Å²) in [7, 11) is -4.77. The van der Waals surface area contributed by atoms with Gasteiger partial charge in [0.1, 0.15) is 5.82 Å². The number of unbranched alkanes of at least 4 members (excludes halogenated alkanes) is 1. The smallest absolute Gasteiger partial charge is 0.300 e. The monoisotopic (exact) mass is 249 g/mol. The Labute approximate surface area is 94.9 Å². The van der Waals surface area contributed by atoms with Crippen molar-refractivity contribution in [3.05, 3.63) is 5.82 Å². The zero-order chi connectivity index (χ0) is 12.2. The standard InChI is InChI=1S/C9H16FN3O2S/c1-3-5-7-13-8(6-4-2)11-12-9(13)16(10,14)15/h3-7H2,1-2H3. The van der Waals surface area contributed by atoms with Crippen molar-refractivity contribution in [2.45, 2.75) is 51.2 Å². The fourth-order valence-electron chi connectivity index (χ4n) is 1.45. The molecule has 1 heterocycles. The van der Waals surface area contributed by atoms with E-state index in [1.165, 1.54) is 4.57 Å². The van der Waals surface area contributed by atoms with Gasteiger partial charge in [0.2, 0.25) is 0 Å². The number of aromatic nitrogens is 3. The highest BCUT2D eigenvalue weighted by Crippen LogP contribution is 2.14. The molecule has 0 aromatic carbocycles. The predicted octanol–water partition coefficient (Wildman–Crippen LogP) is 1.69. The Morgan fingerprint density at radius 3 is 2.44 bits per heavy atom. The maximum atomic E-state index is 12.9. The van der Waals surface area contributed by atoms with Crippen LogP contribution in [0.3, 0.4) is 0 Å². The van der Waals surface area contributed by atoms with Crippen molar-refractivity contribution in [3.63, 3.8) is 0 Å². The van der Waals surface area contributed by atoms with E-state index >= 15 is 0 Å². The molecule has 1 rings (SSSR count). The minimum atomic E-state index is -4.77. The quantitative estimate of drug-likeness (QED) is 0.720. The highest BCUT2D eigenvalue weighted by molar-refractivity contribution is 7.86. The minimum Gasteiger partial charge on any atom is -0.300 e. The second-order valence-corrected chi connectivity index (χ2v) is 4.83. The van der Waals surface area contributed by atoms with Gasteiger partial charge in [-0.1, -0.05) is 24.2 Å². The van der Waals surface area contributed by atoms with Crippen molar-refractivity contribution in [2.75, 3.05) is 0 Å². The summed E-state index contributed by atoms with van der Waals surface area (Å²) >= 11 is 0. The van der Waals surface area contributed by atoms with Gasteiger partial charge in [-0.3, -0.25) is 4.57 Å². The first-order valence-electron chi connectivity index (χ1n) is 5.37. The summed E-state index contributed by atoms with van der Waals surface area (Å²) in [5.41, 5.74) is 0. The van der Waals surface area contributed by atoms with Crippen LogP contribution in [0, 0.1) is 0 Å². The van der Waals surface area contributed by atoms with E-state index in [0.29, 0.717) is 18.8 Å². The molecule has 1 aromatic rings. The molecule has 0 amide bonds. The van der Waals surface area contributed by atoms with E-state index in [1.54, 1.807) is 0 Å². The van der Waals surface area contributed by atoms with Gasteiger partial charge in [0.25, 0.3) is 5.16 Å². The molecule has 0 unspecified atom stereocenters. The largest absolute Gasteiger partial charge is 0.368 e. The SMILES string of the molecule is CCCCn1c(CCC)nnc1S(=O)(=O)F. The Bertz CT molecular complexity index is 442. The molecule has 0 atom stereocenters. The van der Waals surface area contributed by atoms with Crippen LogP contribution < -0.4 is 0 Å². The maximum Gasteiger partial charge on any atom is 0.368 e. The van der Waals surface area contributed by atoms with E-state index in [1.807, 2.05) is 13.8 Å². The topological polar surface area (TPSA) is 64.8 Å². The van der Waals surface area contributed by atoms with Gasteiger partial charge in [0, 0.05) is 13.0 Å². The molecule has 1 aromatic heterocycles. The Morgan fingerprint density at radius 1 is 1.25 bits per heavy atom. The number of rotatable bonds is 6. The van der Waals surface area contributed by atoms with Gasteiger partial charge in [0.15, 0.2) is 0 Å². The number of halogens is 1. The lowest BCUT2D eigenvalue weighted by Gasteiger charge is -2.06. The molecule has 0 spiro atoms. The zero-order valence-corrected chi connectivity index (χ0v) is 10.3. The van der Waals surface area contributed by atoms with Gasteiger partial charge in [-0.05, 0) is 12.8 Å². The second kappa shape index (κ2) is 5.38. The van der Waals surface area contributed by atoms with Crippen LogP contribution in [0.5, 0.6) is 0 Å². The Balaban J connectivity index is 3.09. The molecular weight excluding hydrogens is 233 g/mol. The lowest BCUT2D eigenvalue weighted by molar-refractivity contribution is 0.506. The lowest BCUT2D eigenvalue weighted by Crippen LogP contribution is -2.10. The van der Waals surface area contributed by atoms with E-state index in [2.05, 4.69) is 10.2 Å². The van der Waals surface area contributed by atoms with Gasteiger partial charge in [-0.25, -0.2) is 0 Å². The van der Waals surface area contributed by atoms with E-state index < -0.39 is 15.4 Å². The van der Waals surface area contributed by atoms with Crippen LogP contribution in [0.15, 0.2) is 5.16 Å². The first-order valence-corrected chi connectivity index (χ1v) is 6.75. The maximum absolute atomic E-state index is 12.9. The van der Waals surface area contributed by atoms with Crippen LogP contribution in [0.1, 0.15) is 38.9 Å². The summed E-state index contributed by atoms with van der Waals surface area (Å²) < 4.78 is 36.0. The van der Waals surface area contributed by atoms with E-state index in [0.717, 1.165) is 19.3 Å². The third-order valence-corrected chi connectivity index (χ3v) is 2.96. The Hall–Kier alpha value is -0.980. The summed E-state index contributed by atoms with van der Waals surface area (Å²) in [5.74, 6) is 0.534. The first kappa shape index (κ1) is 13.1. The molecular formula is C9H16FN3O2S. The Kier molecular flexibility index (Phi) is 4.40. The fourth-order valence-corrected chi connectivity index (χ4v) is 2.05. The summed E-state index contributed by atoms with van der Waals surface area (Å²) in [5, 5.41) is 6.56. The number of aryl methyl sites for hydroxylation is 1. The van der Waals surface area contributed by atoms with E-state index in [-0.39, 0.29) is 0 Å². The zero-order valence-electron chi connectivity index (χ0n) is 9.48. The molecule has 16 heavy (non-hydrogen) atoms. The third-order valence-electron chi connectivity index (χ3n) is 2.22. The molecule has 0 aliphatic heterocycles. The van der Waals surface area contributed by atoms with E-state index in [9.17, 15) is 12.3 Å². The summed E-state index contributed by atoms with van der Waals surface area (Å²) in [6.07, 6.45) is 3.09. The molecule has 5 nitrogen and oxygen atoms in total. The van der Waals surface area contributed by atoms with Crippen LogP contribution in [-0.2, 0) is 23.2 Å². The van der Waals surface area contributed by atoms with Crippen LogP contribution in [0.25, 0.3) is 0 Å². The fraction of sp³-hybridized carbons (Fsp3) is 0.778. The molecule has 0 aliphatic carbocycles. The molecule has 0 radical (unpaired) electrons. The van der Waals surface area contributed by atoms with Crippen molar-refractivity contribution >= 4 is 10.2 Å². The molecule has 92 valence electrons. The van der Waals surface area contributed by atoms with E-state index in [4.69, 9.17) is 0 Å². The molecule has 7 heteroatoms. The van der Waals surface area contributed by atoms with Gasteiger partial charge >= 0.3 is 10.2 Å². The highest BCUT2D eigenvalue weighted by Gasteiger charge is 2.23. The Morgan fingerprint density at radius 2 is 1.94 bits per heavy atom. The molecule has 0 fully saturated rings. The van der Waals surface area contributed by atoms with Crippen molar-refractivity contribution in [1.82, 2.24) is 14.8 Å². The molecule has 0 saturated carbocycles.